The second kappa shape index (κ2) is 6.03. The molecule has 0 spiro atoms. The number of nitrogens with zero attached hydrogens (tertiary/aromatic N) is 1. The highest BCUT2D eigenvalue weighted by atomic mass is 16.4. The molecule has 2 unspecified atom stereocenters. The number of urea groups is 1. The van der Waals surface area contributed by atoms with Gasteiger partial charge in [0.1, 0.15) is 12.1 Å². The molecular formula is C10H16N4O5. The first-order valence-electron chi connectivity index (χ1n) is 5.69. The van der Waals surface area contributed by atoms with E-state index in [0.29, 0.717) is 0 Å². The fourth-order valence-electron chi connectivity index (χ4n) is 1.67. The molecule has 1 saturated heterocycles. The third-order valence-corrected chi connectivity index (χ3v) is 2.73. The number of carbonyl (C=O) groups excluding carboxylic acids is 3. The van der Waals surface area contributed by atoms with Gasteiger partial charge in [-0.05, 0) is 6.92 Å². The first-order chi connectivity index (χ1) is 8.82. The molecule has 1 heterocycles. The number of carboxylic acids is 1. The lowest BCUT2D eigenvalue weighted by Gasteiger charge is -2.34. The Balaban J connectivity index is 2.76. The number of aliphatic carboxylic acids is 1. The van der Waals surface area contributed by atoms with Crippen molar-refractivity contribution in [3.8, 4) is 0 Å². The summed E-state index contributed by atoms with van der Waals surface area (Å²) in [5.74, 6) is -2.44. The normalized spacial score (nSPS) is 20.4. The van der Waals surface area contributed by atoms with Gasteiger partial charge >= 0.3 is 12.0 Å². The molecule has 0 bridgehead atoms. The predicted molar refractivity (Wildman–Crippen MR) is 62.9 cm³/mol. The standard InChI is InChI=1S/C10H16N4O5/c1-5(8(11)17)13-10(19)14-3-2-12-9(18)6(14)4-7(15)16/h5-6H,2-4H2,1H3,(H2,11,17)(H,12,18)(H,13,19)(H,15,16). The molecule has 1 aliphatic heterocycles. The number of nitrogens with one attached hydrogen (secondary N) is 2. The van der Waals surface area contributed by atoms with E-state index in [4.69, 9.17) is 10.8 Å². The molecule has 0 aromatic carbocycles. The van der Waals surface area contributed by atoms with Crippen LogP contribution in [0.4, 0.5) is 4.79 Å². The molecule has 0 saturated carbocycles. The summed E-state index contributed by atoms with van der Waals surface area (Å²) in [7, 11) is 0. The number of amides is 4. The van der Waals surface area contributed by atoms with Crippen LogP contribution in [0.1, 0.15) is 13.3 Å². The Kier molecular flexibility index (Phi) is 4.67. The average molecular weight is 272 g/mol. The summed E-state index contributed by atoms with van der Waals surface area (Å²) in [6, 6.07) is -2.68. The van der Waals surface area contributed by atoms with E-state index < -0.39 is 42.3 Å². The summed E-state index contributed by atoms with van der Waals surface area (Å²) in [5, 5.41) is 13.5. The van der Waals surface area contributed by atoms with Crippen LogP contribution in [0.3, 0.4) is 0 Å². The minimum absolute atomic E-state index is 0.168. The number of carbonyl (C=O) groups is 4. The third-order valence-electron chi connectivity index (χ3n) is 2.73. The lowest BCUT2D eigenvalue weighted by atomic mass is 10.1. The van der Waals surface area contributed by atoms with Crippen molar-refractivity contribution < 1.29 is 24.3 Å². The van der Waals surface area contributed by atoms with Gasteiger partial charge in [-0.1, -0.05) is 0 Å². The highest BCUT2D eigenvalue weighted by molar-refractivity contribution is 5.92. The van der Waals surface area contributed by atoms with Crippen LogP contribution in [-0.2, 0) is 14.4 Å². The molecule has 9 nitrogen and oxygen atoms in total. The molecule has 9 heteroatoms. The summed E-state index contributed by atoms with van der Waals surface area (Å²) in [6.07, 6.45) is -0.496. The average Bonchev–Trinajstić information content (AvgIpc) is 2.30. The lowest BCUT2D eigenvalue weighted by Crippen LogP contribution is -2.61. The molecule has 0 radical (unpaired) electrons. The van der Waals surface area contributed by atoms with Crippen LogP contribution < -0.4 is 16.4 Å². The maximum absolute atomic E-state index is 11.9. The maximum atomic E-state index is 11.9. The van der Waals surface area contributed by atoms with E-state index in [0.717, 1.165) is 4.90 Å². The van der Waals surface area contributed by atoms with Crippen molar-refractivity contribution in [1.82, 2.24) is 15.5 Å². The second-order valence-corrected chi connectivity index (χ2v) is 4.17. The summed E-state index contributed by atoms with van der Waals surface area (Å²) in [6.45, 7) is 1.80. The quantitative estimate of drug-likeness (QED) is 0.461. The van der Waals surface area contributed by atoms with E-state index in [-0.39, 0.29) is 13.1 Å². The van der Waals surface area contributed by atoms with E-state index in [1.807, 2.05) is 0 Å². The van der Waals surface area contributed by atoms with Gasteiger partial charge in [-0.3, -0.25) is 14.4 Å². The minimum atomic E-state index is -1.19. The van der Waals surface area contributed by atoms with Crippen molar-refractivity contribution in [1.29, 1.82) is 0 Å². The summed E-state index contributed by atoms with van der Waals surface area (Å²) < 4.78 is 0. The van der Waals surface area contributed by atoms with Gasteiger partial charge in [-0.2, -0.15) is 0 Å². The van der Waals surface area contributed by atoms with Crippen molar-refractivity contribution in [2.24, 2.45) is 5.73 Å². The van der Waals surface area contributed by atoms with Crippen LogP contribution >= 0.6 is 0 Å². The highest BCUT2D eigenvalue weighted by Gasteiger charge is 2.35. The van der Waals surface area contributed by atoms with Gasteiger partial charge in [-0.15, -0.1) is 0 Å². The molecule has 106 valence electrons. The molecule has 1 aliphatic rings. The number of piperazine rings is 1. The van der Waals surface area contributed by atoms with E-state index in [1.54, 1.807) is 0 Å². The molecule has 0 aromatic rings. The van der Waals surface area contributed by atoms with Gasteiger partial charge in [0, 0.05) is 13.1 Å². The molecule has 1 fully saturated rings. The Bertz CT molecular complexity index is 411. The maximum Gasteiger partial charge on any atom is 0.318 e. The van der Waals surface area contributed by atoms with Crippen LogP contribution in [0.25, 0.3) is 0 Å². The zero-order valence-corrected chi connectivity index (χ0v) is 10.4. The minimum Gasteiger partial charge on any atom is -0.481 e. The smallest absolute Gasteiger partial charge is 0.318 e. The fraction of sp³-hybridized carbons (Fsp3) is 0.600. The van der Waals surface area contributed by atoms with Gasteiger partial charge in [0.2, 0.25) is 11.8 Å². The van der Waals surface area contributed by atoms with Crippen molar-refractivity contribution in [3.05, 3.63) is 0 Å². The third kappa shape index (κ3) is 3.83. The van der Waals surface area contributed by atoms with Gasteiger partial charge in [0.25, 0.3) is 0 Å². The molecular weight excluding hydrogens is 256 g/mol. The van der Waals surface area contributed by atoms with Gasteiger partial charge in [0.15, 0.2) is 0 Å². The topological polar surface area (TPSA) is 142 Å². The summed E-state index contributed by atoms with van der Waals surface area (Å²) in [5.41, 5.74) is 5.01. The Hall–Kier alpha value is -2.32. The molecule has 19 heavy (non-hydrogen) atoms. The summed E-state index contributed by atoms with van der Waals surface area (Å²) in [4.78, 5) is 46.1. The fourth-order valence-corrected chi connectivity index (χ4v) is 1.67. The molecule has 5 N–H and O–H groups in total. The van der Waals surface area contributed by atoms with Crippen LogP contribution in [0.5, 0.6) is 0 Å². The van der Waals surface area contributed by atoms with Gasteiger partial charge in [-0.25, -0.2) is 4.79 Å². The Morgan fingerprint density at radius 3 is 2.74 bits per heavy atom. The SMILES string of the molecule is CC(NC(=O)N1CCNC(=O)C1CC(=O)O)C(N)=O. The Morgan fingerprint density at radius 2 is 2.21 bits per heavy atom. The molecule has 2 atom stereocenters. The molecule has 0 aromatic heterocycles. The zero-order chi connectivity index (χ0) is 14.6. The second-order valence-electron chi connectivity index (χ2n) is 4.17. The van der Waals surface area contributed by atoms with Gasteiger partial charge < -0.3 is 26.4 Å². The number of nitrogens with two attached hydrogens (primary N) is 1. The monoisotopic (exact) mass is 272 g/mol. The van der Waals surface area contributed by atoms with Crippen molar-refractivity contribution in [3.63, 3.8) is 0 Å². The summed E-state index contributed by atoms with van der Waals surface area (Å²) >= 11 is 0. The van der Waals surface area contributed by atoms with E-state index in [1.165, 1.54) is 6.92 Å². The highest BCUT2D eigenvalue weighted by Crippen LogP contribution is 2.09. The van der Waals surface area contributed by atoms with Crippen LogP contribution in [0.15, 0.2) is 0 Å². The number of carboxylic acid groups (broad SMARTS) is 1. The van der Waals surface area contributed by atoms with E-state index >= 15 is 0 Å². The van der Waals surface area contributed by atoms with Crippen LogP contribution in [-0.4, -0.2) is 59.0 Å². The van der Waals surface area contributed by atoms with Crippen LogP contribution in [0.2, 0.25) is 0 Å². The number of primary amides is 1. The van der Waals surface area contributed by atoms with Crippen molar-refractivity contribution in [2.45, 2.75) is 25.4 Å². The van der Waals surface area contributed by atoms with Crippen molar-refractivity contribution in [2.75, 3.05) is 13.1 Å². The number of hydrogen-bond donors (Lipinski definition) is 4. The molecule has 1 rings (SSSR count). The molecule has 4 amide bonds. The number of rotatable bonds is 4. The first kappa shape index (κ1) is 14.7. The van der Waals surface area contributed by atoms with Crippen molar-refractivity contribution >= 4 is 23.8 Å². The van der Waals surface area contributed by atoms with Crippen LogP contribution in [0, 0.1) is 0 Å². The largest absolute Gasteiger partial charge is 0.481 e. The lowest BCUT2D eigenvalue weighted by molar-refractivity contribution is -0.142. The first-order valence-corrected chi connectivity index (χ1v) is 5.69. The Morgan fingerprint density at radius 1 is 1.58 bits per heavy atom. The van der Waals surface area contributed by atoms with E-state index in [9.17, 15) is 19.2 Å². The van der Waals surface area contributed by atoms with E-state index in [2.05, 4.69) is 10.6 Å². The predicted octanol–water partition coefficient (Wildman–Crippen LogP) is -2.16. The van der Waals surface area contributed by atoms with Gasteiger partial charge in [0.05, 0.1) is 6.42 Å². The number of hydrogen-bond acceptors (Lipinski definition) is 4. The Labute approximate surface area is 109 Å². The zero-order valence-electron chi connectivity index (χ0n) is 10.4. The molecule has 0 aliphatic carbocycles.